The highest BCUT2D eigenvalue weighted by Gasteiger charge is 2.11. The van der Waals surface area contributed by atoms with Crippen molar-refractivity contribution in [3.8, 4) is 11.8 Å². The number of anilines is 1. The molecule has 2 aromatic rings. The monoisotopic (exact) mass is 286 g/mol. The molecule has 0 fully saturated rings. The van der Waals surface area contributed by atoms with Crippen LogP contribution in [0.4, 0.5) is 5.69 Å². The Kier molecular flexibility index (Phi) is 4.11. The number of H-pyrrole nitrogens is 1. The minimum absolute atomic E-state index is 0.0469. The van der Waals surface area contributed by atoms with Gasteiger partial charge in [-0.1, -0.05) is 0 Å². The molecule has 3 N–H and O–H groups in total. The molecule has 0 aliphatic heterocycles. The van der Waals surface area contributed by atoms with Gasteiger partial charge in [-0.15, -0.1) is 10.2 Å². The molecule has 0 aliphatic carbocycles. The highest BCUT2D eigenvalue weighted by atomic mass is 16.5. The number of carbonyl (C=O) groups excluding carboxylic acids is 1. The topological polar surface area (TPSA) is 137 Å². The van der Waals surface area contributed by atoms with E-state index in [-0.39, 0.29) is 22.7 Å². The van der Waals surface area contributed by atoms with E-state index in [1.165, 1.54) is 25.4 Å². The molecule has 0 amide bonds. The van der Waals surface area contributed by atoms with E-state index in [1.807, 2.05) is 6.07 Å². The number of aromatic nitrogens is 4. The lowest BCUT2D eigenvalue weighted by Gasteiger charge is -2.06. The van der Waals surface area contributed by atoms with Crippen molar-refractivity contribution < 1.29 is 14.6 Å². The van der Waals surface area contributed by atoms with Crippen molar-refractivity contribution in [2.24, 2.45) is 0 Å². The number of hydrogen-bond acceptors (Lipinski definition) is 8. The summed E-state index contributed by atoms with van der Waals surface area (Å²) in [5, 5.41) is 34.5. The molecule has 9 nitrogen and oxygen atoms in total. The molecular formula is C12H10N6O3. The van der Waals surface area contributed by atoms with Gasteiger partial charge in [-0.25, -0.2) is 4.79 Å². The van der Waals surface area contributed by atoms with Gasteiger partial charge in [0.2, 0.25) is 5.82 Å². The third-order valence-electron chi connectivity index (χ3n) is 2.49. The van der Waals surface area contributed by atoms with Gasteiger partial charge in [-0.2, -0.15) is 10.5 Å². The molecule has 0 atom stereocenters. The molecule has 106 valence electrons. The maximum Gasteiger partial charge on any atom is 0.341 e. The van der Waals surface area contributed by atoms with Crippen LogP contribution in [0.2, 0.25) is 0 Å². The van der Waals surface area contributed by atoms with Gasteiger partial charge in [0.25, 0.3) is 0 Å². The molecule has 0 spiro atoms. The Hall–Kier alpha value is -3.41. The van der Waals surface area contributed by atoms with Crippen LogP contribution >= 0.6 is 0 Å². The Balaban J connectivity index is 2.19. The number of tetrazole rings is 1. The number of aromatic hydroxyl groups is 1. The number of allylic oxidation sites excluding steroid dienone is 1. The van der Waals surface area contributed by atoms with E-state index >= 15 is 0 Å². The van der Waals surface area contributed by atoms with Gasteiger partial charge in [0.15, 0.2) is 0 Å². The van der Waals surface area contributed by atoms with E-state index in [0.717, 1.165) is 0 Å². The standard InChI is InChI=1S/C12H10N6O3/c1-21-12(20)9-3-2-8(4-10(9)19)14-6-7(5-13)11-15-17-18-16-11/h2-4,6,14,19H,1H3,(H,15,16,17,18). The minimum Gasteiger partial charge on any atom is -0.507 e. The lowest BCUT2D eigenvalue weighted by Crippen LogP contribution is -2.02. The second-order valence-corrected chi connectivity index (χ2v) is 3.77. The molecule has 1 aromatic carbocycles. The average Bonchev–Trinajstić information content (AvgIpc) is 3.01. The summed E-state index contributed by atoms with van der Waals surface area (Å²) in [5.74, 6) is -0.738. The summed E-state index contributed by atoms with van der Waals surface area (Å²) in [6, 6.07) is 6.18. The number of aromatic amines is 1. The van der Waals surface area contributed by atoms with Crippen LogP contribution in [-0.2, 0) is 4.74 Å². The summed E-state index contributed by atoms with van der Waals surface area (Å²) in [5.41, 5.74) is 0.669. The fourth-order valence-electron chi connectivity index (χ4n) is 1.48. The van der Waals surface area contributed by atoms with Crippen molar-refractivity contribution in [3.63, 3.8) is 0 Å². The molecule has 0 saturated carbocycles. The predicted octanol–water partition coefficient (Wildman–Crippen LogP) is 0.668. The fourth-order valence-corrected chi connectivity index (χ4v) is 1.48. The Morgan fingerprint density at radius 2 is 2.38 bits per heavy atom. The van der Waals surface area contributed by atoms with E-state index in [4.69, 9.17) is 5.26 Å². The summed E-state index contributed by atoms with van der Waals surface area (Å²) in [6.07, 6.45) is 1.36. The molecule has 0 radical (unpaired) electrons. The molecule has 0 saturated heterocycles. The van der Waals surface area contributed by atoms with Crippen molar-refractivity contribution >= 4 is 17.2 Å². The molecule has 0 unspecified atom stereocenters. The number of esters is 1. The summed E-state index contributed by atoms with van der Waals surface area (Å²) in [4.78, 5) is 11.3. The van der Waals surface area contributed by atoms with Gasteiger partial charge in [0, 0.05) is 18.0 Å². The van der Waals surface area contributed by atoms with Gasteiger partial charge >= 0.3 is 5.97 Å². The smallest absolute Gasteiger partial charge is 0.341 e. The maximum atomic E-state index is 11.3. The second-order valence-electron chi connectivity index (χ2n) is 3.77. The largest absolute Gasteiger partial charge is 0.507 e. The summed E-state index contributed by atoms with van der Waals surface area (Å²) in [7, 11) is 1.22. The molecule has 21 heavy (non-hydrogen) atoms. The summed E-state index contributed by atoms with van der Waals surface area (Å²) < 4.78 is 4.52. The van der Waals surface area contributed by atoms with Gasteiger partial charge in [0.05, 0.1) is 7.11 Å². The Morgan fingerprint density at radius 3 is 2.95 bits per heavy atom. The van der Waals surface area contributed by atoms with Crippen molar-refractivity contribution in [1.82, 2.24) is 20.6 Å². The fraction of sp³-hybridized carbons (Fsp3) is 0.0833. The van der Waals surface area contributed by atoms with Crippen molar-refractivity contribution in [2.45, 2.75) is 0 Å². The number of benzene rings is 1. The van der Waals surface area contributed by atoms with Crippen LogP contribution in [0.5, 0.6) is 5.75 Å². The average molecular weight is 286 g/mol. The Bertz CT molecular complexity index is 717. The first-order valence-electron chi connectivity index (χ1n) is 5.67. The number of hydrogen-bond donors (Lipinski definition) is 3. The SMILES string of the molecule is COC(=O)c1ccc(NC=C(C#N)c2nn[nH]n2)cc1O. The van der Waals surface area contributed by atoms with Crippen LogP contribution in [0.25, 0.3) is 5.57 Å². The van der Waals surface area contributed by atoms with E-state index in [9.17, 15) is 9.90 Å². The third-order valence-corrected chi connectivity index (χ3v) is 2.49. The Morgan fingerprint density at radius 1 is 1.57 bits per heavy atom. The number of carbonyl (C=O) groups is 1. The summed E-state index contributed by atoms with van der Waals surface area (Å²) in [6.45, 7) is 0. The molecule has 1 heterocycles. The number of methoxy groups -OCH3 is 1. The Labute approximate surface area is 118 Å². The summed E-state index contributed by atoms with van der Waals surface area (Å²) >= 11 is 0. The first-order valence-corrected chi connectivity index (χ1v) is 5.67. The number of nitrogens with one attached hydrogen (secondary N) is 2. The lowest BCUT2D eigenvalue weighted by atomic mass is 10.2. The lowest BCUT2D eigenvalue weighted by molar-refractivity contribution is 0.0597. The highest BCUT2D eigenvalue weighted by molar-refractivity contribution is 5.93. The third kappa shape index (κ3) is 3.13. The van der Waals surface area contributed by atoms with Crippen LogP contribution in [0, 0.1) is 11.3 Å². The van der Waals surface area contributed by atoms with Crippen LogP contribution in [-0.4, -0.2) is 38.8 Å². The normalized spacial score (nSPS) is 10.8. The minimum atomic E-state index is -0.640. The maximum absolute atomic E-state index is 11.3. The highest BCUT2D eigenvalue weighted by Crippen LogP contribution is 2.23. The van der Waals surface area contributed by atoms with Gasteiger partial charge < -0.3 is 15.2 Å². The van der Waals surface area contributed by atoms with Crippen LogP contribution in [0.15, 0.2) is 24.4 Å². The van der Waals surface area contributed by atoms with Crippen LogP contribution in [0.1, 0.15) is 16.2 Å². The number of phenolic OH excluding ortho intramolecular Hbond substituents is 1. The molecular weight excluding hydrogens is 276 g/mol. The zero-order valence-corrected chi connectivity index (χ0v) is 10.9. The number of phenols is 1. The number of nitriles is 1. The number of rotatable bonds is 4. The number of nitrogens with zero attached hydrogens (tertiary/aromatic N) is 4. The molecule has 0 aliphatic rings. The van der Waals surface area contributed by atoms with E-state index in [1.54, 1.807) is 6.07 Å². The van der Waals surface area contributed by atoms with Crippen molar-refractivity contribution in [3.05, 3.63) is 35.8 Å². The van der Waals surface area contributed by atoms with Crippen LogP contribution in [0.3, 0.4) is 0 Å². The zero-order chi connectivity index (χ0) is 15.2. The van der Waals surface area contributed by atoms with Crippen molar-refractivity contribution in [1.29, 1.82) is 5.26 Å². The molecule has 1 aromatic heterocycles. The van der Waals surface area contributed by atoms with E-state index < -0.39 is 5.97 Å². The quantitative estimate of drug-likeness (QED) is 0.551. The van der Waals surface area contributed by atoms with Gasteiger partial charge in [0.1, 0.15) is 23.0 Å². The second kappa shape index (κ2) is 6.16. The van der Waals surface area contributed by atoms with E-state index in [0.29, 0.717) is 5.69 Å². The van der Waals surface area contributed by atoms with Crippen LogP contribution < -0.4 is 5.32 Å². The first-order chi connectivity index (χ1) is 10.2. The molecule has 2 rings (SSSR count). The predicted molar refractivity (Wildman–Crippen MR) is 70.8 cm³/mol. The first kappa shape index (κ1) is 14.0. The zero-order valence-electron chi connectivity index (χ0n) is 10.9. The molecule has 9 heteroatoms. The van der Waals surface area contributed by atoms with Gasteiger partial charge in [-0.05, 0) is 17.3 Å². The number of ether oxygens (including phenoxy) is 1. The van der Waals surface area contributed by atoms with Gasteiger partial charge in [-0.3, -0.25) is 0 Å². The van der Waals surface area contributed by atoms with Crippen molar-refractivity contribution in [2.75, 3.05) is 12.4 Å². The molecule has 0 bridgehead atoms. The van der Waals surface area contributed by atoms with E-state index in [2.05, 4.69) is 30.7 Å².